The van der Waals surface area contributed by atoms with Crippen LogP contribution in [0.1, 0.15) is 33.3 Å². The molecule has 0 atom stereocenters. The molecule has 0 aliphatic rings. The second kappa shape index (κ2) is 4.35. The van der Waals surface area contributed by atoms with E-state index in [9.17, 15) is 4.79 Å². The van der Waals surface area contributed by atoms with Crippen molar-refractivity contribution >= 4 is 21.9 Å². The van der Waals surface area contributed by atoms with Gasteiger partial charge in [-0.05, 0) is 17.5 Å². The molecule has 0 amide bonds. The van der Waals surface area contributed by atoms with E-state index in [4.69, 9.17) is 4.74 Å². The molecule has 0 spiro atoms. The number of carbonyl (C=O) groups is 1. The van der Waals surface area contributed by atoms with Gasteiger partial charge in [0, 0.05) is 17.0 Å². The molecule has 0 N–H and O–H groups in total. The Balaban J connectivity index is 3.20. The average molecular weight is 271 g/mol. The number of rotatable bonds is 1. The minimum Gasteiger partial charge on any atom is -0.426 e. The van der Waals surface area contributed by atoms with Crippen molar-refractivity contribution < 1.29 is 9.53 Å². The number of halogens is 1. The Morgan fingerprint density at radius 2 is 1.93 bits per heavy atom. The molecule has 0 saturated heterocycles. The summed E-state index contributed by atoms with van der Waals surface area (Å²) >= 11 is 3.36. The molecule has 0 aliphatic carbocycles. The average Bonchev–Trinajstić information content (AvgIpc) is 1.99. The maximum Gasteiger partial charge on any atom is 0.308 e. The largest absolute Gasteiger partial charge is 0.426 e. The van der Waals surface area contributed by atoms with Crippen LogP contribution >= 0.6 is 15.9 Å². The molecule has 0 unspecified atom stereocenters. The van der Waals surface area contributed by atoms with Gasteiger partial charge in [-0.15, -0.1) is 0 Å². The van der Waals surface area contributed by atoms with E-state index in [1.54, 1.807) is 0 Å². The van der Waals surface area contributed by atoms with E-state index in [1.807, 2.05) is 18.2 Å². The Morgan fingerprint density at radius 3 is 2.40 bits per heavy atom. The number of hydrogen-bond acceptors (Lipinski definition) is 2. The standard InChI is InChI=1S/C12H15BrO2/c1-8(14)15-11-7-9(13)5-6-10(11)12(2,3)4/h5-7H,1-4H3. The number of carbonyl (C=O) groups excluding carboxylic acids is 1. The smallest absolute Gasteiger partial charge is 0.308 e. The molecule has 0 saturated carbocycles. The van der Waals surface area contributed by atoms with Crippen LogP contribution in [0, 0.1) is 0 Å². The van der Waals surface area contributed by atoms with Gasteiger partial charge in [0.1, 0.15) is 5.75 Å². The second-order valence-electron chi connectivity index (χ2n) is 4.48. The van der Waals surface area contributed by atoms with Gasteiger partial charge in [-0.1, -0.05) is 42.8 Å². The topological polar surface area (TPSA) is 26.3 Å². The molecule has 2 nitrogen and oxygen atoms in total. The van der Waals surface area contributed by atoms with Gasteiger partial charge in [0.05, 0.1) is 0 Å². The van der Waals surface area contributed by atoms with Crippen LogP contribution in [0.2, 0.25) is 0 Å². The van der Waals surface area contributed by atoms with E-state index in [1.165, 1.54) is 6.92 Å². The Hall–Kier alpha value is -0.830. The quantitative estimate of drug-likeness (QED) is 0.575. The fraction of sp³-hybridized carbons (Fsp3) is 0.417. The van der Waals surface area contributed by atoms with Crippen LogP contribution in [0.4, 0.5) is 0 Å². The molecule has 0 aromatic heterocycles. The summed E-state index contributed by atoms with van der Waals surface area (Å²) in [5, 5.41) is 0. The van der Waals surface area contributed by atoms with Gasteiger partial charge in [-0.3, -0.25) is 4.79 Å². The van der Waals surface area contributed by atoms with Gasteiger partial charge in [-0.2, -0.15) is 0 Å². The SMILES string of the molecule is CC(=O)Oc1cc(Br)ccc1C(C)(C)C. The molecule has 3 heteroatoms. The third kappa shape index (κ3) is 3.34. The normalized spacial score (nSPS) is 11.3. The Bertz CT molecular complexity index is 378. The molecular weight excluding hydrogens is 256 g/mol. The van der Waals surface area contributed by atoms with E-state index >= 15 is 0 Å². The first-order valence-electron chi connectivity index (χ1n) is 4.79. The highest BCUT2D eigenvalue weighted by atomic mass is 79.9. The molecule has 0 fully saturated rings. The predicted molar refractivity (Wildman–Crippen MR) is 64.2 cm³/mol. The van der Waals surface area contributed by atoms with Crippen molar-refractivity contribution in [3.8, 4) is 5.75 Å². The lowest BCUT2D eigenvalue weighted by Crippen LogP contribution is -2.14. The third-order valence-corrected chi connectivity index (χ3v) is 2.50. The molecule has 0 radical (unpaired) electrons. The Labute approximate surface area is 98.8 Å². The highest BCUT2D eigenvalue weighted by Gasteiger charge is 2.19. The first kappa shape index (κ1) is 12.2. The fourth-order valence-electron chi connectivity index (χ4n) is 1.36. The highest BCUT2D eigenvalue weighted by Crippen LogP contribution is 2.33. The van der Waals surface area contributed by atoms with Crippen LogP contribution in [0.5, 0.6) is 5.75 Å². The van der Waals surface area contributed by atoms with E-state index in [-0.39, 0.29) is 11.4 Å². The summed E-state index contributed by atoms with van der Waals surface area (Å²) in [6, 6.07) is 5.75. The number of esters is 1. The summed E-state index contributed by atoms with van der Waals surface area (Å²) in [6.07, 6.45) is 0. The molecular formula is C12H15BrO2. The summed E-state index contributed by atoms with van der Waals surface area (Å²) in [5.74, 6) is 0.336. The van der Waals surface area contributed by atoms with Crippen LogP contribution < -0.4 is 4.74 Å². The van der Waals surface area contributed by atoms with Gasteiger partial charge >= 0.3 is 5.97 Å². The monoisotopic (exact) mass is 270 g/mol. The van der Waals surface area contributed by atoms with E-state index in [0.717, 1.165) is 10.0 Å². The Kier molecular flexibility index (Phi) is 3.55. The van der Waals surface area contributed by atoms with Gasteiger partial charge in [0.2, 0.25) is 0 Å². The van der Waals surface area contributed by atoms with E-state index < -0.39 is 0 Å². The molecule has 1 aromatic carbocycles. The van der Waals surface area contributed by atoms with Crippen LogP contribution in [0.3, 0.4) is 0 Å². The number of ether oxygens (including phenoxy) is 1. The first-order chi connectivity index (χ1) is 6.80. The Morgan fingerprint density at radius 1 is 1.33 bits per heavy atom. The number of benzene rings is 1. The maximum absolute atomic E-state index is 11.0. The van der Waals surface area contributed by atoms with Gasteiger partial charge < -0.3 is 4.74 Å². The van der Waals surface area contributed by atoms with Crippen LogP contribution in [-0.2, 0) is 10.2 Å². The summed E-state index contributed by atoms with van der Waals surface area (Å²) in [4.78, 5) is 11.0. The zero-order chi connectivity index (χ0) is 11.6. The summed E-state index contributed by atoms with van der Waals surface area (Å²) < 4.78 is 6.09. The van der Waals surface area contributed by atoms with Gasteiger partial charge in [0.15, 0.2) is 0 Å². The lowest BCUT2D eigenvalue weighted by atomic mass is 9.86. The van der Waals surface area contributed by atoms with Crippen molar-refractivity contribution in [3.05, 3.63) is 28.2 Å². The molecule has 0 heterocycles. The number of hydrogen-bond donors (Lipinski definition) is 0. The molecule has 0 aliphatic heterocycles. The second-order valence-corrected chi connectivity index (χ2v) is 5.40. The van der Waals surface area contributed by atoms with Crippen molar-refractivity contribution in [1.82, 2.24) is 0 Å². The van der Waals surface area contributed by atoms with Crippen LogP contribution in [-0.4, -0.2) is 5.97 Å². The van der Waals surface area contributed by atoms with Gasteiger partial charge in [0.25, 0.3) is 0 Å². The zero-order valence-corrected chi connectivity index (χ0v) is 11.0. The van der Waals surface area contributed by atoms with Crippen LogP contribution in [0.15, 0.2) is 22.7 Å². The maximum atomic E-state index is 11.0. The van der Waals surface area contributed by atoms with E-state index in [0.29, 0.717) is 5.75 Å². The van der Waals surface area contributed by atoms with Crippen molar-refractivity contribution in [1.29, 1.82) is 0 Å². The highest BCUT2D eigenvalue weighted by molar-refractivity contribution is 9.10. The minimum absolute atomic E-state index is 0.0362. The molecule has 15 heavy (non-hydrogen) atoms. The van der Waals surface area contributed by atoms with Crippen molar-refractivity contribution in [2.24, 2.45) is 0 Å². The summed E-state index contributed by atoms with van der Waals surface area (Å²) in [6.45, 7) is 7.67. The lowest BCUT2D eigenvalue weighted by molar-refractivity contribution is -0.131. The van der Waals surface area contributed by atoms with Crippen molar-refractivity contribution in [2.75, 3.05) is 0 Å². The van der Waals surface area contributed by atoms with Crippen molar-refractivity contribution in [3.63, 3.8) is 0 Å². The first-order valence-corrected chi connectivity index (χ1v) is 5.58. The van der Waals surface area contributed by atoms with E-state index in [2.05, 4.69) is 36.7 Å². The minimum atomic E-state index is -0.293. The third-order valence-electron chi connectivity index (χ3n) is 2.01. The fourth-order valence-corrected chi connectivity index (χ4v) is 1.70. The zero-order valence-electron chi connectivity index (χ0n) is 9.43. The van der Waals surface area contributed by atoms with Crippen molar-refractivity contribution in [2.45, 2.75) is 33.1 Å². The van der Waals surface area contributed by atoms with Crippen LogP contribution in [0.25, 0.3) is 0 Å². The molecule has 1 aromatic rings. The molecule has 0 bridgehead atoms. The lowest BCUT2D eigenvalue weighted by Gasteiger charge is -2.22. The predicted octanol–water partition coefficient (Wildman–Crippen LogP) is 3.67. The molecule has 82 valence electrons. The molecule has 1 rings (SSSR count). The van der Waals surface area contributed by atoms with Gasteiger partial charge in [-0.25, -0.2) is 0 Å². The summed E-state index contributed by atoms with van der Waals surface area (Å²) in [7, 11) is 0. The summed E-state index contributed by atoms with van der Waals surface area (Å²) in [5.41, 5.74) is 0.992.